The van der Waals surface area contributed by atoms with E-state index in [1.807, 2.05) is 18.8 Å². The molecule has 0 spiro atoms. The molecule has 0 radical (unpaired) electrons. The van der Waals surface area contributed by atoms with E-state index in [4.69, 9.17) is 0 Å². The van der Waals surface area contributed by atoms with Crippen LogP contribution in [0.3, 0.4) is 0 Å². The molecule has 1 unspecified atom stereocenters. The summed E-state index contributed by atoms with van der Waals surface area (Å²) in [5.41, 5.74) is 0.331. The third-order valence-corrected chi connectivity index (χ3v) is 4.27. The number of aryl methyl sites for hydroxylation is 1. The molecule has 1 aromatic heterocycles. The molecule has 1 aromatic rings. The smallest absolute Gasteiger partial charge is 0.254 e. The molecule has 17 heavy (non-hydrogen) atoms. The van der Waals surface area contributed by atoms with Gasteiger partial charge in [-0.25, -0.2) is 0 Å². The van der Waals surface area contributed by atoms with E-state index in [0.29, 0.717) is 11.6 Å². The first-order valence-corrected chi connectivity index (χ1v) is 6.76. The van der Waals surface area contributed by atoms with Crippen molar-refractivity contribution in [2.75, 3.05) is 18.6 Å². The molecule has 1 fully saturated rings. The summed E-state index contributed by atoms with van der Waals surface area (Å²) in [5, 5.41) is 0. The van der Waals surface area contributed by atoms with Crippen LogP contribution >= 0.6 is 11.8 Å². The van der Waals surface area contributed by atoms with E-state index in [1.165, 1.54) is 10.6 Å². The van der Waals surface area contributed by atoms with Crippen LogP contribution in [0.2, 0.25) is 0 Å². The molecule has 0 N–H and O–H groups in total. The molecule has 0 aromatic carbocycles. The van der Waals surface area contributed by atoms with Crippen LogP contribution < -0.4 is 5.56 Å². The number of amides is 1. The van der Waals surface area contributed by atoms with Gasteiger partial charge >= 0.3 is 0 Å². The molecule has 5 heteroatoms. The van der Waals surface area contributed by atoms with Crippen molar-refractivity contribution in [3.63, 3.8) is 0 Å². The van der Waals surface area contributed by atoms with Crippen LogP contribution in [0, 0.1) is 0 Å². The second-order valence-corrected chi connectivity index (χ2v) is 5.45. The lowest BCUT2D eigenvalue weighted by Crippen LogP contribution is -2.37. The predicted octanol–water partition coefficient (Wildman–Crippen LogP) is 0.963. The monoisotopic (exact) mass is 252 g/mol. The Bertz CT molecular complexity index is 478. The Kier molecular flexibility index (Phi) is 3.57. The lowest BCUT2D eigenvalue weighted by molar-refractivity contribution is 0.0747. The van der Waals surface area contributed by atoms with Crippen LogP contribution in [0.1, 0.15) is 16.8 Å². The third-order valence-electron chi connectivity index (χ3n) is 3.12. The van der Waals surface area contributed by atoms with Crippen molar-refractivity contribution in [2.45, 2.75) is 12.5 Å². The molecule has 4 nitrogen and oxygen atoms in total. The van der Waals surface area contributed by atoms with Gasteiger partial charge in [0.25, 0.3) is 11.5 Å². The van der Waals surface area contributed by atoms with Crippen molar-refractivity contribution in [1.29, 1.82) is 0 Å². The zero-order chi connectivity index (χ0) is 12.4. The number of carbonyl (C=O) groups excluding carboxylic acids is 1. The number of nitrogens with zero attached hydrogens (tertiary/aromatic N) is 2. The van der Waals surface area contributed by atoms with E-state index < -0.39 is 0 Å². The van der Waals surface area contributed by atoms with Gasteiger partial charge in [0.05, 0.1) is 0 Å². The highest BCUT2D eigenvalue weighted by atomic mass is 32.2. The molecule has 2 rings (SSSR count). The number of rotatable bonds is 2. The first kappa shape index (κ1) is 12.2. The lowest BCUT2D eigenvalue weighted by Gasteiger charge is -2.23. The van der Waals surface area contributed by atoms with Gasteiger partial charge in [0.2, 0.25) is 0 Å². The zero-order valence-corrected chi connectivity index (χ0v) is 10.9. The molecule has 0 saturated carbocycles. The van der Waals surface area contributed by atoms with Gasteiger partial charge in [-0.05, 0) is 18.2 Å². The predicted molar refractivity (Wildman–Crippen MR) is 69.5 cm³/mol. The van der Waals surface area contributed by atoms with Gasteiger partial charge in [-0.15, -0.1) is 0 Å². The van der Waals surface area contributed by atoms with E-state index in [-0.39, 0.29) is 11.5 Å². The highest BCUT2D eigenvalue weighted by Gasteiger charge is 2.24. The number of hydrogen-bond donors (Lipinski definition) is 0. The number of pyridine rings is 1. The topological polar surface area (TPSA) is 42.3 Å². The molecule has 1 aliphatic rings. The lowest BCUT2D eigenvalue weighted by atomic mass is 10.2. The van der Waals surface area contributed by atoms with Crippen LogP contribution in [0.4, 0.5) is 0 Å². The van der Waals surface area contributed by atoms with E-state index in [9.17, 15) is 9.59 Å². The third kappa shape index (κ3) is 2.54. The summed E-state index contributed by atoms with van der Waals surface area (Å²) < 4.78 is 1.46. The van der Waals surface area contributed by atoms with Crippen LogP contribution in [0.15, 0.2) is 23.1 Å². The minimum Gasteiger partial charge on any atom is -0.338 e. The standard InChI is InChI=1S/C12H16N2O2S/c1-13-5-3-9(7-11(13)15)12(16)14(2)10-4-6-17-8-10/h3,5,7,10H,4,6,8H2,1-2H3. The molecule has 1 atom stereocenters. The molecule has 0 aliphatic carbocycles. The maximum atomic E-state index is 12.2. The highest BCUT2D eigenvalue weighted by molar-refractivity contribution is 7.99. The fraction of sp³-hybridized carbons (Fsp3) is 0.500. The molecular formula is C12H16N2O2S. The van der Waals surface area contributed by atoms with Gasteiger partial charge in [-0.2, -0.15) is 11.8 Å². The van der Waals surface area contributed by atoms with Gasteiger partial charge in [0, 0.05) is 43.7 Å². The molecule has 1 saturated heterocycles. The van der Waals surface area contributed by atoms with Crippen LogP contribution in [0.5, 0.6) is 0 Å². The van der Waals surface area contributed by atoms with Crippen molar-refractivity contribution in [2.24, 2.45) is 7.05 Å². The Morgan fingerprint density at radius 3 is 2.94 bits per heavy atom. The van der Waals surface area contributed by atoms with E-state index in [1.54, 1.807) is 24.2 Å². The summed E-state index contributed by atoms with van der Waals surface area (Å²) in [7, 11) is 3.49. The van der Waals surface area contributed by atoms with Crippen LogP contribution in [-0.4, -0.2) is 40.0 Å². The van der Waals surface area contributed by atoms with Gasteiger partial charge in [-0.1, -0.05) is 0 Å². The Hall–Kier alpha value is -1.23. The summed E-state index contributed by atoms with van der Waals surface area (Å²) in [5.74, 6) is 2.04. The Morgan fingerprint density at radius 2 is 2.35 bits per heavy atom. The van der Waals surface area contributed by atoms with Crippen molar-refractivity contribution >= 4 is 17.7 Å². The van der Waals surface area contributed by atoms with Gasteiger partial charge in [0.15, 0.2) is 0 Å². The SMILES string of the molecule is CN(C(=O)c1ccn(C)c(=O)c1)C1CCSC1. The minimum absolute atomic E-state index is 0.0600. The van der Waals surface area contributed by atoms with Gasteiger partial charge < -0.3 is 9.47 Å². The molecule has 0 bridgehead atoms. The largest absolute Gasteiger partial charge is 0.338 e. The van der Waals surface area contributed by atoms with Crippen molar-refractivity contribution in [3.8, 4) is 0 Å². The quantitative estimate of drug-likeness (QED) is 0.787. The molecule has 2 heterocycles. The van der Waals surface area contributed by atoms with Gasteiger partial charge in [-0.3, -0.25) is 9.59 Å². The van der Waals surface area contributed by atoms with E-state index in [2.05, 4.69) is 0 Å². The summed E-state index contributed by atoms with van der Waals surface area (Å²) >= 11 is 1.87. The average molecular weight is 252 g/mol. The van der Waals surface area contributed by atoms with E-state index >= 15 is 0 Å². The Labute approximate surface area is 105 Å². The second-order valence-electron chi connectivity index (χ2n) is 4.30. The van der Waals surface area contributed by atoms with Crippen LogP contribution in [-0.2, 0) is 7.05 Å². The van der Waals surface area contributed by atoms with Crippen LogP contribution in [0.25, 0.3) is 0 Å². The van der Waals surface area contributed by atoms with Crippen molar-refractivity contribution < 1.29 is 4.79 Å². The van der Waals surface area contributed by atoms with E-state index in [0.717, 1.165) is 17.9 Å². The molecule has 1 aliphatic heterocycles. The Morgan fingerprint density at radius 1 is 1.59 bits per heavy atom. The zero-order valence-electron chi connectivity index (χ0n) is 10.0. The number of aromatic nitrogens is 1. The number of carbonyl (C=O) groups is 1. The Balaban J connectivity index is 2.18. The maximum absolute atomic E-state index is 12.2. The van der Waals surface area contributed by atoms with Gasteiger partial charge in [0.1, 0.15) is 0 Å². The number of thioether (sulfide) groups is 1. The highest BCUT2D eigenvalue weighted by Crippen LogP contribution is 2.22. The van der Waals surface area contributed by atoms with Crippen molar-refractivity contribution in [3.05, 3.63) is 34.2 Å². The average Bonchev–Trinajstić information content (AvgIpc) is 2.84. The summed E-state index contributed by atoms with van der Waals surface area (Å²) in [4.78, 5) is 25.4. The first-order chi connectivity index (χ1) is 8.09. The molecule has 1 amide bonds. The molecular weight excluding hydrogens is 236 g/mol. The molecule has 92 valence electrons. The second kappa shape index (κ2) is 4.96. The fourth-order valence-corrected chi connectivity index (χ4v) is 3.15. The summed E-state index contributed by atoms with van der Waals surface area (Å²) in [6.07, 6.45) is 2.67. The fourth-order valence-electron chi connectivity index (χ4n) is 1.88. The maximum Gasteiger partial charge on any atom is 0.254 e. The first-order valence-electron chi connectivity index (χ1n) is 5.61. The minimum atomic E-state index is -0.148. The summed E-state index contributed by atoms with van der Waals surface area (Å²) in [6.45, 7) is 0. The summed E-state index contributed by atoms with van der Waals surface area (Å²) in [6, 6.07) is 3.40. The number of hydrogen-bond acceptors (Lipinski definition) is 3. The van der Waals surface area contributed by atoms with Crippen molar-refractivity contribution in [1.82, 2.24) is 9.47 Å². The normalized spacial score (nSPS) is 19.3.